The van der Waals surface area contributed by atoms with Gasteiger partial charge < -0.3 is 16.8 Å². The molecule has 0 aromatic carbocycles. The number of nitrogens with two attached hydrogens (primary N) is 2. The molecule has 0 bridgehead atoms. The summed E-state index contributed by atoms with van der Waals surface area (Å²) >= 11 is 0. The van der Waals surface area contributed by atoms with Crippen LogP contribution in [0.3, 0.4) is 0 Å². The first kappa shape index (κ1) is 31.6. The second kappa shape index (κ2) is 18.0. The number of hydrogen-bond acceptors (Lipinski definition) is 3. The van der Waals surface area contributed by atoms with Gasteiger partial charge in [-0.3, -0.25) is 5.32 Å². The first-order chi connectivity index (χ1) is 14.6. The highest BCUT2D eigenvalue weighted by Crippen LogP contribution is 2.34. The molecule has 31 heavy (non-hydrogen) atoms. The normalized spacial score (nSPS) is 14.3. The van der Waals surface area contributed by atoms with E-state index in [2.05, 4.69) is 87.2 Å². The summed E-state index contributed by atoms with van der Waals surface area (Å²) in [6, 6.07) is 0. The van der Waals surface area contributed by atoms with Gasteiger partial charge in [-0.1, -0.05) is 84.8 Å². The van der Waals surface area contributed by atoms with E-state index in [0.29, 0.717) is 23.5 Å². The fraction of sp³-hybridized carbons (Fsp3) is 0.731. The number of nitrogens with one attached hydrogen (secondary N) is 2. The molecule has 0 atom stereocenters. The molecule has 5 nitrogen and oxygen atoms in total. The van der Waals surface area contributed by atoms with E-state index in [1.807, 2.05) is 13.8 Å². The second-order valence-electron chi connectivity index (χ2n) is 9.28. The van der Waals surface area contributed by atoms with Crippen molar-refractivity contribution in [2.45, 2.75) is 87.5 Å². The zero-order valence-corrected chi connectivity index (χ0v) is 22.1. The molecule has 0 heterocycles. The Morgan fingerprint density at radius 3 is 2.23 bits per heavy atom. The van der Waals surface area contributed by atoms with Gasteiger partial charge in [-0.25, -0.2) is 4.99 Å². The maximum atomic E-state index is 5.99. The lowest BCUT2D eigenvalue weighted by atomic mass is 9.76. The minimum atomic E-state index is 0.322. The van der Waals surface area contributed by atoms with Crippen LogP contribution >= 0.6 is 0 Å². The van der Waals surface area contributed by atoms with Crippen molar-refractivity contribution in [2.75, 3.05) is 26.8 Å². The predicted molar refractivity (Wildman–Crippen MR) is 141 cm³/mol. The molecule has 1 aliphatic carbocycles. The zero-order chi connectivity index (χ0) is 24.3. The summed E-state index contributed by atoms with van der Waals surface area (Å²) in [7, 11) is 1.50. The van der Waals surface area contributed by atoms with Crippen LogP contribution < -0.4 is 22.1 Å². The zero-order valence-electron chi connectivity index (χ0n) is 22.1. The van der Waals surface area contributed by atoms with Gasteiger partial charge in [-0.05, 0) is 56.1 Å². The summed E-state index contributed by atoms with van der Waals surface area (Å²) in [4.78, 5) is 4.37. The average molecular weight is 436 g/mol. The summed E-state index contributed by atoms with van der Waals surface area (Å²) in [6.07, 6.45) is 14.6. The molecule has 0 aromatic heterocycles. The summed E-state index contributed by atoms with van der Waals surface area (Å²) in [5.74, 6) is 0.523. The molecule has 6 N–H and O–H groups in total. The van der Waals surface area contributed by atoms with E-state index in [4.69, 9.17) is 5.73 Å². The third-order valence-corrected chi connectivity index (χ3v) is 5.61. The first-order valence-corrected chi connectivity index (χ1v) is 12.0. The quantitative estimate of drug-likeness (QED) is 0.196. The molecule has 0 amide bonds. The summed E-state index contributed by atoms with van der Waals surface area (Å²) in [6.45, 7) is 20.0. The minimum absolute atomic E-state index is 0.322. The van der Waals surface area contributed by atoms with E-state index >= 15 is 0 Å². The SMILES string of the molecule is CC.CCC(C)(C)CCC(C)(C)CCN/C(N)=N/CNCC1=CCC=C(C)C=C1.CN. The van der Waals surface area contributed by atoms with Gasteiger partial charge in [0.25, 0.3) is 0 Å². The third-order valence-electron chi connectivity index (χ3n) is 5.61. The number of guanidine groups is 1. The van der Waals surface area contributed by atoms with E-state index < -0.39 is 0 Å². The third kappa shape index (κ3) is 17.8. The Morgan fingerprint density at radius 2 is 1.61 bits per heavy atom. The molecule has 0 radical (unpaired) electrons. The monoisotopic (exact) mass is 435 g/mol. The van der Waals surface area contributed by atoms with E-state index in [-0.39, 0.29) is 0 Å². The fourth-order valence-electron chi connectivity index (χ4n) is 2.81. The van der Waals surface area contributed by atoms with Crippen LogP contribution in [0.25, 0.3) is 0 Å². The van der Waals surface area contributed by atoms with Crippen molar-refractivity contribution in [3.8, 4) is 0 Å². The lowest BCUT2D eigenvalue weighted by Gasteiger charge is -2.30. The van der Waals surface area contributed by atoms with Crippen LogP contribution in [0.4, 0.5) is 0 Å². The van der Waals surface area contributed by atoms with Gasteiger partial charge in [0.05, 0.1) is 6.67 Å². The van der Waals surface area contributed by atoms with Crippen molar-refractivity contribution < 1.29 is 0 Å². The van der Waals surface area contributed by atoms with Crippen molar-refractivity contribution >= 4 is 5.96 Å². The molecular weight excluding hydrogens is 382 g/mol. The van der Waals surface area contributed by atoms with Gasteiger partial charge in [0.1, 0.15) is 0 Å². The minimum Gasteiger partial charge on any atom is -0.370 e. The second-order valence-corrected chi connectivity index (χ2v) is 9.28. The Balaban J connectivity index is 0. The van der Waals surface area contributed by atoms with E-state index in [1.165, 1.54) is 37.5 Å². The summed E-state index contributed by atoms with van der Waals surface area (Å²) in [5.41, 5.74) is 13.9. The van der Waals surface area contributed by atoms with Crippen LogP contribution in [0, 0.1) is 10.8 Å². The molecule has 0 unspecified atom stereocenters. The Labute approximate surface area is 193 Å². The van der Waals surface area contributed by atoms with Gasteiger partial charge >= 0.3 is 0 Å². The summed E-state index contributed by atoms with van der Waals surface area (Å²) < 4.78 is 0. The first-order valence-electron chi connectivity index (χ1n) is 12.0. The number of aliphatic imine (C=N–C) groups is 1. The Bertz CT molecular complexity index is 568. The smallest absolute Gasteiger partial charge is 0.189 e. The highest BCUT2D eigenvalue weighted by molar-refractivity contribution is 5.77. The van der Waals surface area contributed by atoms with Crippen molar-refractivity contribution in [1.82, 2.24) is 10.6 Å². The van der Waals surface area contributed by atoms with Crippen LogP contribution in [0.5, 0.6) is 0 Å². The van der Waals surface area contributed by atoms with E-state index in [1.54, 1.807) is 0 Å². The predicted octanol–water partition coefficient (Wildman–Crippen LogP) is 5.50. The molecule has 0 saturated carbocycles. The van der Waals surface area contributed by atoms with Gasteiger partial charge in [0, 0.05) is 13.1 Å². The standard InChI is InChI=1S/C23H42N4.C2H6.CH5N/c1-7-22(3,4)13-14-23(5,6)15-16-26-21(24)27-18-25-17-20-10-8-9-19(2)11-12-20;2*1-2/h9-12,25H,7-8,13-18H2,1-6H3,(H3,24,26,27);1-2H3;2H2,1H3. The molecule has 5 heteroatoms. The van der Waals surface area contributed by atoms with Gasteiger partial charge in [-0.15, -0.1) is 0 Å². The van der Waals surface area contributed by atoms with Crippen molar-refractivity contribution in [3.05, 3.63) is 35.5 Å². The Hall–Kier alpha value is -1.59. The molecule has 1 rings (SSSR count). The molecule has 0 fully saturated rings. The Morgan fingerprint density at radius 1 is 1.00 bits per heavy atom. The summed E-state index contributed by atoms with van der Waals surface area (Å²) in [5, 5.41) is 6.58. The van der Waals surface area contributed by atoms with Gasteiger partial charge in [-0.2, -0.15) is 0 Å². The fourth-order valence-corrected chi connectivity index (χ4v) is 2.81. The largest absolute Gasteiger partial charge is 0.370 e. The van der Waals surface area contributed by atoms with Crippen LogP contribution in [0.15, 0.2) is 40.4 Å². The van der Waals surface area contributed by atoms with Crippen LogP contribution in [-0.2, 0) is 0 Å². The average Bonchev–Trinajstić information content (AvgIpc) is 2.97. The molecule has 0 saturated heterocycles. The van der Waals surface area contributed by atoms with Crippen molar-refractivity contribution in [3.63, 3.8) is 0 Å². The van der Waals surface area contributed by atoms with E-state index in [0.717, 1.165) is 25.9 Å². The molecule has 0 aliphatic heterocycles. The topological polar surface area (TPSA) is 88.5 Å². The lowest BCUT2D eigenvalue weighted by Crippen LogP contribution is -2.35. The highest BCUT2D eigenvalue weighted by Gasteiger charge is 2.23. The lowest BCUT2D eigenvalue weighted by molar-refractivity contribution is 0.223. The van der Waals surface area contributed by atoms with Gasteiger partial charge in [0.2, 0.25) is 0 Å². The van der Waals surface area contributed by atoms with Crippen LogP contribution in [-0.4, -0.2) is 32.8 Å². The van der Waals surface area contributed by atoms with Crippen LogP contribution in [0.2, 0.25) is 0 Å². The molecular formula is C26H53N5. The highest BCUT2D eigenvalue weighted by atomic mass is 15.1. The Kier molecular flexibility index (Phi) is 18.4. The van der Waals surface area contributed by atoms with Crippen LogP contribution in [0.1, 0.15) is 87.5 Å². The molecule has 1 aliphatic rings. The maximum Gasteiger partial charge on any atom is 0.189 e. The number of allylic oxidation sites excluding steroid dienone is 4. The van der Waals surface area contributed by atoms with Crippen molar-refractivity contribution in [2.24, 2.45) is 27.3 Å². The maximum absolute atomic E-state index is 5.99. The van der Waals surface area contributed by atoms with Crippen molar-refractivity contribution in [1.29, 1.82) is 0 Å². The molecule has 0 spiro atoms. The number of nitrogens with zero attached hydrogens (tertiary/aromatic N) is 1. The van der Waals surface area contributed by atoms with Gasteiger partial charge in [0.15, 0.2) is 5.96 Å². The molecule has 182 valence electrons. The molecule has 0 aromatic rings. The number of rotatable bonds is 11. The van der Waals surface area contributed by atoms with E-state index in [9.17, 15) is 0 Å². The number of hydrogen-bond donors (Lipinski definition) is 4.